The van der Waals surface area contributed by atoms with E-state index < -0.39 is 28.8 Å². The van der Waals surface area contributed by atoms with Crippen molar-refractivity contribution >= 4 is 27.4 Å². The number of ketones is 1. The fourth-order valence-electron chi connectivity index (χ4n) is 3.63. The minimum Gasteiger partial charge on any atom is -0.381 e. The lowest BCUT2D eigenvalue weighted by atomic mass is 9.92. The molecular weight excluding hydrogens is 461 g/mol. The van der Waals surface area contributed by atoms with Crippen molar-refractivity contribution in [2.45, 2.75) is 38.1 Å². The Bertz CT molecular complexity index is 1010. The molecule has 0 fully saturated rings. The summed E-state index contributed by atoms with van der Waals surface area (Å²) in [5.74, 6) is -0.562. The van der Waals surface area contributed by atoms with Gasteiger partial charge in [0.2, 0.25) is 0 Å². The van der Waals surface area contributed by atoms with E-state index in [0.717, 1.165) is 28.6 Å². The normalized spacial score (nSPS) is 16.4. The van der Waals surface area contributed by atoms with Crippen molar-refractivity contribution in [2.24, 2.45) is 0 Å². The molecule has 0 aliphatic carbocycles. The van der Waals surface area contributed by atoms with Crippen LogP contribution in [0.4, 0.5) is 18.9 Å². The van der Waals surface area contributed by atoms with Crippen LogP contribution in [0.5, 0.6) is 0 Å². The molecular formula is C22H20BrF3N2O2. The maximum atomic E-state index is 13.2. The lowest BCUT2D eigenvalue weighted by molar-refractivity contribution is -0.138. The predicted molar refractivity (Wildman–Crippen MR) is 110 cm³/mol. The van der Waals surface area contributed by atoms with E-state index in [-0.39, 0.29) is 18.5 Å². The molecule has 0 spiro atoms. The van der Waals surface area contributed by atoms with E-state index in [1.54, 1.807) is 0 Å². The number of alkyl halides is 3. The van der Waals surface area contributed by atoms with Gasteiger partial charge >= 0.3 is 6.18 Å². The van der Waals surface area contributed by atoms with Gasteiger partial charge in [-0.1, -0.05) is 40.2 Å². The zero-order valence-electron chi connectivity index (χ0n) is 16.3. The summed E-state index contributed by atoms with van der Waals surface area (Å²) in [5, 5.41) is 10.7. The number of hydrogen-bond donors (Lipinski definition) is 1. The Balaban J connectivity index is 1.71. The van der Waals surface area contributed by atoms with E-state index in [0.29, 0.717) is 13.1 Å². The minimum atomic E-state index is -4.68. The zero-order chi connectivity index (χ0) is 22.1. The molecule has 1 heterocycles. The molecule has 3 rings (SSSR count). The molecule has 1 aliphatic rings. The number of hydrogen-bond acceptors (Lipinski definition) is 3. The number of aliphatic hydroxyl groups is 1. The Labute approximate surface area is 181 Å². The molecule has 2 aromatic rings. The third kappa shape index (κ3) is 5.09. The molecule has 0 unspecified atom stereocenters. The highest BCUT2D eigenvalue weighted by Gasteiger charge is 2.36. The fourth-order valence-corrected chi connectivity index (χ4v) is 4.04. The van der Waals surface area contributed by atoms with Crippen LogP contribution in [0, 0.1) is 6.57 Å². The number of rotatable bonds is 5. The molecule has 1 N–H and O–H groups in total. The summed E-state index contributed by atoms with van der Waals surface area (Å²) in [6.45, 7) is 9.64. The highest BCUT2D eigenvalue weighted by molar-refractivity contribution is 9.10. The van der Waals surface area contributed by atoms with Crippen LogP contribution < -0.4 is 0 Å². The molecule has 1 atom stereocenters. The second-order valence-electron chi connectivity index (χ2n) is 7.71. The molecule has 158 valence electrons. The number of carbonyl (C=O) groups is 1. The molecule has 0 amide bonds. The Morgan fingerprint density at radius 2 is 1.97 bits per heavy atom. The van der Waals surface area contributed by atoms with Crippen LogP contribution in [0.2, 0.25) is 0 Å². The predicted octanol–water partition coefficient (Wildman–Crippen LogP) is 4.94. The van der Waals surface area contributed by atoms with Gasteiger partial charge in [0.1, 0.15) is 5.60 Å². The van der Waals surface area contributed by atoms with Crippen LogP contribution in [0.3, 0.4) is 0 Å². The second kappa shape index (κ2) is 8.50. The van der Waals surface area contributed by atoms with Gasteiger partial charge in [-0.05, 0) is 42.2 Å². The van der Waals surface area contributed by atoms with Gasteiger partial charge in [-0.25, -0.2) is 4.85 Å². The summed E-state index contributed by atoms with van der Waals surface area (Å²) in [6.07, 6.45) is -4.24. The second-order valence-corrected chi connectivity index (χ2v) is 8.62. The molecule has 0 bridgehead atoms. The first-order valence-corrected chi connectivity index (χ1v) is 10.1. The standard InChI is InChI=1S/C22H20BrF3N2O2/c1-21(30,13-28-8-7-15-11-17(23)5-4-16(15)12-28)20(29)10-14-3-6-19(27-2)18(9-14)22(24,25)26/h3-6,9,11,30H,7-8,10,12-13H2,1H3/t21-/m0/s1. The van der Waals surface area contributed by atoms with Gasteiger partial charge in [-0.3, -0.25) is 9.69 Å². The SMILES string of the molecule is [C-]#[N+]c1ccc(CC(=O)[C@@](C)(O)CN2CCc3cc(Br)ccc3C2)cc1C(F)(F)F. The van der Waals surface area contributed by atoms with Crippen molar-refractivity contribution in [3.8, 4) is 0 Å². The molecule has 0 aromatic heterocycles. The Kier molecular flexibility index (Phi) is 6.37. The Morgan fingerprint density at radius 3 is 2.63 bits per heavy atom. The quantitative estimate of drug-likeness (QED) is 0.616. The first kappa shape index (κ1) is 22.5. The number of benzene rings is 2. The van der Waals surface area contributed by atoms with Crippen molar-refractivity contribution in [2.75, 3.05) is 13.1 Å². The zero-order valence-corrected chi connectivity index (χ0v) is 17.8. The molecule has 30 heavy (non-hydrogen) atoms. The van der Waals surface area contributed by atoms with E-state index in [4.69, 9.17) is 6.57 Å². The van der Waals surface area contributed by atoms with Crippen molar-refractivity contribution in [3.05, 3.63) is 74.5 Å². The van der Waals surface area contributed by atoms with Crippen molar-refractivity contribution in [1.29, 1.82) is 0 Å². The smallest absolute Gasteiger partial charge is 0.381 e. The van der Waals surface area contributed by atoms with Gasteiger partial charge in [-0.15, -0.1) is 0 Å². The van der Waals surface area contributed by atoms with Crippen LogP contribution in [0.25, 0.3) is 4.85 Å². The van der Waals surface area contributed by atoms with E-state index in [1.807, 2.05) is 17.0 Å². The average molecular weight is 481 g/mol. The summed E-state index contributed by atoms with van der Waals surface area (Å²) in [7, 11) is 0. The van der Waals surface area contributed by atoms with Crippen molar-refractivity contribution in [1.82, 2.24) is 4.90 Å². The highest BCUT2D eigenvalue weighted by atomic mass is 79.9. The van der Waals surface area contributed by atoms with Gasteiger partial charge in [0.25, 0.3) is 0 Å². The average Bonchev–Trinajstić information content (AvgIpc) is 2.67. The maximum Gasteiger partial charge on any atom is 0.407 e. The third-order valence-electron chi connectivity index (χ3n) is 5.24. The first-order valence-electron chi connectivity index (χ1n) is 9.32. The van der Waals surface area contributed by atoms with E-state index in [9.17, 15) is 23.1 Å². The van der Waals surface area contributed by atoms with Gasteiger partial charge in [0.05, 0.1) is 12.1 Å². The molecule has 0 radical (unpaired) electrons. The Morgan fingerprint density at radius 1 is 1.23 bits per heavy atom. The van der Waals surface area contributed by atoms with E-state index in [1.165, 1.54) is 18.6 Å². The summed E-state index contributed by atoms with van der Waals surface area (Å²) in [5.41, 5.74) is -0.827. The number of fused-ring (bicyclic) bond motifs is 1. The summed E-state index contributed by atoms with van der Waals surface area (Å²) in [6, 6.07) is 9.20. The van der Waals surface area contributed by atoms with E-state index >= 15 is 0 Å². The highest BCUT2D eigenvalue weighted by Crippen LogP contribution is 2.37. The summed E-state index contributed by atoms with van der Waals surface area (Å²) in [4.78, 5) is 17.6. The monoisotopic (exact) mass is 480 g/mol. The molecule has 0 saturated carbocycles. The number of carbonyl (C=O) groups excluding carboxylic acids is 1. The lowest BCUT2D eigenvalue weighted by Crippen LogP contribution is -2.48. The van der Waals surface area contributed by atoms with Crippen LogP contribution in [0.15, 0.2) is 40.9 Å². The van der Waals surface area contributed by atoms with Crippen molar-refractivity contribution < 1.29 is 23.1 Å². The number of halogens is 4. The first-order chi connectivity index (χ1) is 14.0. The Hall–Kier alpha value is -2.21. The minimum absolute atomic E-state index is 0.0909. The lowest BCUT2D eigenvalue weighted by Gasteiger charge is -2.34. The molecule has 4 nitrogen and oxygen atoms in total. The summed E-state index contributed by atoms with van der Waals surface area (Å²) < 4.78 is 40.5. The molecule has 0 saturated heterocycles. The number of nitrogens with zero attached hydrogens (tertiary/aromatic N) is 2. The van der Waals surface area contributed by atoms with Gasteiger partial charge in [-0.2, -0.15) is 13.2 Å². The summed E-state index contributed by atoms with van der Waals surface area (Å²) >= 11 is 3.45. The van der Waals surface area contributed by atoms with E-state index in [2.05, 4.69) is 26.8 Å². The van der Waals surface area contributed by atoms with Crippen LogP contribution >= 0.6 is 15.9 Å². The fraction of sp³-hybridized carbons (Fsp3) is 0.364. The third-order valence-corrected chi connectivity index (χ3v) is 5.74. The number of β-amino-alcohol motifs (C(OH)–C–C–N with tert-alkyl or cyclic N) is 1. The van der Waals surface area contributed by atoms with Gasteiger partial charge in [0, 0.05) is 30.5 Å². The molecule has 1 aliphatic heterocycles. The van der Waals surface area contributed by atoms with Gasteiger partial charge in [0.15, 0.2) is 11.5 Å². The largest absolute Gasteiger partial charge is 0.407 e. The van der Waals surface area contributed by atoms with Crippen LogP contribution in [-0.4, -0.2) is 34.5 Å². The molecule has 8 heteroatoms. The van der Waals surface area contributed by atoms with Crippen LogP contribution in [-0.2, 0) is 30.4 Å². The van der Waals surface area contributed by atoms with Crippen LogP contribution in [0.1, 0.15) is 29.2 Å². The maximum absolute atomic E-state index is 13.2. The topological polar surface area (TPSA) is 44.9 Å². The molecule has 2 aromatic carbocycles. The van der Waals surface area contributed by atoms with Crippen molar-refractivity contribution in [3.63, 3.8) is 0 Å². The number of Topliss-reactive ketones (excluding diaryl/α,β-unsaturated/α-hetero) is 1. The van der Waals surface area contributed by atoms with Gasteiger partial charge < -0.3 is 5.11 Å².